The van der Waals surface area contributed by atoms with Crippen LogP contribution in [0.5, 0.6) is 5.88 Å². The van der Waals surface area contributed by atoms with Gasteiger partial charge in [-0.05, 0) is 38.0 Å². The Kier molecular flexibility index (Phi) is 5.28. The molecular weight excluding hydrogens is 330 g/mol. The van der Waals surface area contributed by atoms with Gasteiger partial charge in [-0.15, -0.1) is 0 Å². The summed E-state index contributed by atoms with van der Waals surface area (Å²) < 4.78 is 29.8. The summed E-state index contributed by atoms with van der Waals surface area (Å²) in [4.78, 5) is 4.81. The third kappa shape index (κ3) is 3.94. The third-order valence-electron chi connectivity index (χ3n) is 3.56. The van der Waals surface area contributed by atoms with Crippen LogP contribution in [0.15, 0.2) is 29.4 Å². The molecule has 0 radical (unpaired) electrons. The molecule has 1 aromatic heterocycles. The van der Waals surface area contributed by atoms with Crippen LogP contribution in [0.2, 0.25) is 0 Å². The van der Waals surface area contributed by atoms with Gasteiger partial charge in [0.15, 0.2) is 0 Å². The molecule has 24 heavy (non-hydrogen) atoms. The van der Waals surface area contributed by atoms with Crippen LogP contribution in [0, 0.1) is 6.92 Å². The van der Waals surface area contributed by atoms with Crippen LogP contribution in [0.4, 0.5) is 0 Å². The maximum atomic E-state index is 11.7. The predicted octanol–water partition coefficient (Wildman–Crippen LogP) is 2.49. The van der Waals surface area contributed by atoms with Gasteiger partial charge in [-0.2, -0.15) is 13.5 Å². The smallest absolute Gasteiger partial charge is 0.310 e. The van der Waals surface area contributed by atoms with Gasteiger partial charge in [0.05, 0.1) is 17.2 Å². The third-order valence-corrected chi connectivity index (χ3v) is 4.69. The molecule has 8 heteroatoms. The van der Waals surface area contributed by atoms with Gasteiger partial charge in [-0.1, -0.05) is 17.3 Å². The molecule has 0 saturated carbocycles. The minimum atomic E-state index is -3.60. The zero-order valence-corrected chi connectivity index (χ0v) is 15.2. The lowest BCUT2D eigenvalue weighted by Crippen LogP contribution is -2.13. The molecule has 1 heterocycles. The summed E-state index contributed by atoms with van der Waals surface area (Å²) in [7, 11) is -0.465. The normalized spacial score (nSPS) is 12.3. The van der Waals surface area contributed by atoms with Crippen molar-refractivity contribution in [3.63, 3.8) is 0 Å². The first kappa shape index (κ1) is 18.0. The van der Waals surface area contributed by atoms with Crippen LogP contribution < -0.4 is 4.18 Å². The van der Waals surface area contributed by atoms with E-state index in [4.69, 9.17) is 9.02 Å². The molecule has 0 N–H and O–H groups in total. The second-order valence-corrected chi connectivity index (χ2v) is 7.17. The topological polar surface area (TPSA) is 82.8 Å². The Hall–Kier alpha value is -2.35. The number of rotatable bonds is 6. The molecule has 0 saturated heterocycles. The summed E-state index contributed by atoms with van der Waals surface area (Å²) in [5, 5.41) is 8.29. The van der Waals surface area contributed by atoms with Gasteiger partial charge in [0.1, 0.15) is 7.11 Å². The SMILES string of the molecule is CCS(=O)(=O)Oc1cc(-c2cc(C(C)=NOC)ccc2C)nn1C. The molecule has 0 fully saturated rings. The molecule has 0 atom stereocenters. The van der Waals surface area contributed by atoms with Crippen LogP contribution in [0.3, 0.4) is 0 Å². The van der Waals surface area contributed by atoms with Crippen LogP contribution in [0.1, 0.15) is 25.0 Å². The highest BCUT2D eigenvalue weighted by Crippen LogP contribution is 2.27. The van der Waals surface area contributed by atoms with Crippen LogP contribution in [0.25, 0.3) is 11.3 Å². The first-order valence-electron chi connectivity index (χ1n) is 7.42. The highest BCUT2D eigenvalue weighted by atomic mass is 32.2. The molecule has 2 aromatic rings. The Balaban J connectivity index is 2.46. The van der Waals surface area contributed by atoms with Crippen molar-refractivity contribution in [2.24, 2.45) is 12.2 Å². The van der Waals surface area contributed by atoms with E-state index in [9.17, 15) is 8.42 Å². The lowest BCUT2D eigenvalue weighted by Gasteiger charge is -2.06. The van der Waals surface area contributed by atoms with Crippen LogP contribution >= 0.6 is 0 Å². The highest BCUT2D eigenvalue weighted by Gasteiger charge is 2.16. The number of aryl methyl sites for hydroxylation is 2. The summed E-state index contributed by atoms with van der Waals surface area (Å²) in [6.45, 7) is 5.33. The molecule has 0 amide bonds. The summed E-state index contributed by atoms with van der Waals surface area (Å²) in [5.41, 5.74) is 4.14. The zero-order chi connectivity index (χ0) is 17.9. The Morgan fingerprint density at radius 1 is 1.33 bits per heavy atom. The fourth-order valence-electron chi connectivity index (χ4n) is 2.16. The van der Waals surface area contributed by atoms with Crippen LogP contribution in [-0.2, 0) is 22.0 Å². The Bertz CT molecular complexity index is 869. The van der Waals surface area contributed by atoms with E-state index in [1.165, 1.54) is 18.7 Å². The summed E-state index contributed by atoms with van der Waals surface area (Å²) in [5.74, 6) is 0.0771. The standard InChI is InChI=1S/C16H21N3O4S/c1-6-24(20,21)23-16-10-15(17-19(16)4)14-9-13(8-7-11(14)2)12(3)18-22-5/h7-10H,6H2,1-5H3. The van der Waals surface area contributed by atoms with Crippen molar-refractivity contribution in [3.8, 4) is 17.1 Å². The van der Waals surface area contributed by atoms with E-state index in [1.54, 1.807) is 13.1 Å². The number of aromatic nitrogens is 2. The van der Waals surface area contributed by atoms with Crippen molar-refractivity contribution in [2.75, 3.05) is 12.9 Å². The van der Waals surface area contributed by atoms with Gasteiger partial charge in [-0.3, -0.25) is 0 Å². The quantitative estimate of drug-likeness (QED) is 0.454. The maximum absolute atomic E-state index is 11.7. The van der Waals surface area contributed by atoms with E-state index in [2.05, 4.69) is 10.3 Å². The highest BCUT2D eigenvalue weighted by molar-refractivity contribution is 7.87. The van der Waals surface area contributed by atoms with E-state index in [0.717, 1.165) is 22.4 Å². The second-order valence-electron chi connectivity index (χ2n) is 5.31. The number of benzene rings is 1. The molecule has 0 spiro atoms. The molecule has 1 aromatic carbocycles. The average molecular weight is 351 g/mol. The largest absolute Gasteiger partial charge is 0.399 e. The fraction of sp³-hybridized carbons (Fsp3) is 0.375. The van der Waals surface area contributed by atoms with Crippen molar-refractivity contribution < 1.29 is 17.4 Å². The van der Waals surface area contributed by atoms with E-state index >= 15 is 0 Å². The number of nitrogens with zero attached hydrogens (tertiary/aromatic N) is 3. The van der Waals surface area contributed by atoms with E-state index < -0.39 is 10.1 Å². The summed E-state index contributed by atoms with van der Waals surface area (Å²) in [6.07, 6.45) is 0. The monoisotopic (exact) mass is 351 g/mol. The lowest BCUT2D eigenvalue weighted by atomic mass is 10.0. The van der Waals surface area contributed by atoms with Crippen molar-refractivity contribution >= 4 is 15.8 Å². The summed E-state index contributed by atoms with van der Waals surface area (Å²) >= 11 is 0. The van der Waals surface area contributed by atoms with E-state index in [-0.39, 0.29) is 11.6 Å². The van der Waals surface area contributed by atoms with E-state index in [0.29, 0.717) is 5.69 Å². The predicted molar refractivity (Wildman–Crippen MR) is 92.7 cm³/mol. The van der Waals surface area contributed by atoms with Gasteiger partial charge >= 0.3 is 10.1 Å². The fourth-order valence-corrected chi connectivity index (χ4v) is 2.70. The molecule has 0 aliphatic heterocycles. The Labute approximate surface area is 142 Å². The van der Waals surface area contributed by atoms with Gasteiger partial charge < -0.3 is 9.02 Å². The Morgan fingerprint density at radius 3 is 2.67 bits per heavy atom. The molecule has 0 bridgehead atoms. The average Bonchev–Trinajstić information content (AvgIpc) is 2.88. The molecule has 2 rings (SSSR count). The number of hydrogen-bond donors (Lipinski definition) is 0. The van der Waals surface area contributed by atoms with E-state index in [1.807, 2.05) is 32.0 Å². The lowest BCUT2D eigenvalue weighted by molar-refractivity contribution is 0.213. The Morgan fingerprint density at radius 2 is 2.04 bits per heavy atom. The minimum Gasteiger partial charge on any atom is -0.399 e. The second kappa shape index (κ2) is 7.04. The molecule has 0 unspecified atom stereocenters. The van der Waals surface area contributed by atoms with Crippen molar-refractivity contribution in [2.45, 2.75) is 20.8 Å². The van der Waals surface area contributed by atoms with Crippen molar-refractivity contribution in [1.29, 1.82) is 0 Å². The molecule has 7 nitrogen and oxygen atoms in total. The van der Waals surface area contributed by atoms with Gasteiger partial charge in [0.2, 0.25) is 5.88 Å². The molecule has 0 aliphatic carbocycles. The number of hydrogen-bond acceptors (Lipinski definition) is 6. The van der Waals surface area contributed by atoms with Gasteiger partial charge in [0, 0.05) is 18.7 Å². The van der Waals surface area contributed by atoms with Crippen LogP contribution in [-0.4, -0.2) is 36.8 Å². The van der Waals surface area contributed by atoms with Gasteiger partial charge in [-0.25, -0.2) is 4.68 Å². The zero-order valence-electron chi connectivity index (χ0n) is 14.4. The van der Waals surface area contributed by atoms with Crippen molar-refractivity contribution in [3.05, 3.63) is 35.4 Å². The maximum Gasteiger partial charge on any atom is 0.310 e. The van der Waals surface area contributed by atoms with Crippen molar-refractivity contribution in [1.82, 2.24) is 9.78 Å². The first-order chi connectivity index (χ1) is 11.3. The van der Waals surface area contributed by atoms with Gasteiger partial charge in [0.25, 0.3) is 0 Å². The molecule has 130 valence electrons. The number of oxime groups is 1. The molecule has 0 aliphatic rings. The minimum absolute atomic E-state index is 0.102. The molecular formula is C16H21N3O4S. The summed E-state index contributed by atoms with van der Waals surface area (Å²) in [6, 6.07) is 7.45. The first-order valence-corrected chi connectivity index (χ1v) is 9.00.